The maximum absolute atomic E-state index is 12.7. The quantitative estimate of drug-likeness (QED) is 0.741. The molecule has 0 saturated heterocycles. The second kappa shape index (κ2) is 5.55. The number of hydrogen-bond donors (Lipinski definition) is 0. The highest BCUT2D eigenvalue weighted by Gasteiger charge is 2.10. The third kappa shape index (κ3) is 2.61. The fourth-order valence-corrected chi connectivity index (χ4v) is 3.37. The van der Waals surface area contributed by atoms with Crippen LogP contribution in [0.4, 0.5) is 0 Å². The smallest absolute Gasteiger partial charge is 0.157 e. The molecule has 0 saturated carbocycles. The van der Waals surface area contributed by atoms with Crippen molar-refractivity contribution in [2.24, 2.45) is 0 Å². The molecule has 21 heavy (non-hydrogen) atoms. The molecule has 1 atom stereocenters. The molecule has 2 aromatic carbocycles. The third-order valence-electron chi connectivity index (χ3n) is 3.41. The lowest BCUT2D eigenvalue weighted by molar-refractivity contribution is 0.678. The molecule has 104 valence electrons. The molecule has 3 rings (SSSR count). The summed E-state index contributed by atoms with van der Waals surface area (Å²) >= 11 is 0. The average Bonchev–Trinajstić information content (AvgIpc) is 2.91. The largest absolute Gasteiger partial charge is 0.263 e. The van der Waals surface area contributed by atoms with Crippen molar-refractivity contribution in [1.29, 1.82) is 5.26 Å². The van der Waals surface area contributed by atoms with Gasteiger partial charge in [-0.2, -0.15) is 5.26 Å². The minimum absolute atomic E-state index is 0.359. The van der Waals surface area contributed by atoms with E-state index in [0.29, 0.717) is 6.42 Å². The minimum atomic E-state index is -1.28. The van der Waals surface area contributed by atoms with Crippen LogP contribution in [0.1, 0.15) is 11.1 Å². The predicted molar refractivity (Wildman–Crippen MR) is 84.2 cm³/mol. The monoisotopic (exact) mass is 294 g/mol. The normalized spacial score (nSPS) is 12.2. The van der Waals surface area contributed by atoms with E-state index in [1.54, 1.807) is 3.97 Å². The summed E-state index contributed by atoms with van der Waals surface area (Å²) < 4.78 is 14.5. The number of nitriles is 1. The zero-order valence-electron chi connectivity index (χ0n) is 11.6. The fraction of sp³-hybridized carbons (Fsp3) is 0.118. The summed E-state index contributed by atoms with van der Waals surface area (Å²) in [7, 11) is -1.28. The van der Waals surface area contributed by atoms with Crippen LogP contribution in [0, 0.1) is 18.3 Å². The van der Waals surface area contributed by atoms with E-state index in [0.717, 1.165) is 26.9 Å². The summed E-state index contributed by atoms with van der Waals surface area (Å²) in [4.78, 5) is 0.767. The van der Waals surface area contributed by atoms with Gasteiger partial charge in [-0.1, -0.05) is 29.8 Å². The second-order valence-corrected chi connectivity index (χ2v) is 6.29. The van der Waals surface area contributed by atoms with Crippen LogP contribution in [-0.2, 0) is 17.4 Å². The molecular weight excluding hydrogens is 280 g/mol. The van der Waals surface area contributed by atoms with Gasteiger partial charge < -0.3 is 0 Å². The number of nitrogens with zero attached hydrogens (tertiary/aromatic N) is 2. The van der Waals surface area contributed by atoms with Gasteiger partial charge in [0.05, 0.1) is 22.9 Å². The first kappa shape index (κ1) is 13.6. The number of fused-ring (bicyclic) bond motifs is 1. The molecule has 0 N–H and O–H groups in total. The van der Waals surface area contributed by atoms with Crippen molar-refractivity contribution in [3.8, 4) is 6.07 Å². The van der Waals surface area contributed by atoms with Gasteiger partial charge in [0.15, 0.2) is 11.0 Å². The van der Waals surface area contributed by atoms with Gasteiger partial charge in [-0.15, -0.1) is 0 Å². The Morgan fingerprint density at radius 1 is 1.14 bits per heavy atom. The van der Waals surface area contributed by atoms with Gasteiger partial charge in [-0.3, -0.25) is 3.97 Å². The van der Waals surface area contributed by atoms with Gasteiger partial charge in [0.1, 0.15) is 0 Å². The first-order valence-electron chi connectivity index (χ1n) is 6.65. The molecule has 0 fully saturated rings. The second-order valence-electron chi connectivity index (χ2n) is 4.93. The molecule has 0 aliphatic carbocycles. The summed E-state index contributed by atoms with van der Waals surface area (Å²) in [6.07, 6.45) is 2.19. The summed E-state index contributed by atoms with van der Waals surface area (Å²) in [5, 5.41) is 9.83. The maximum Gasteiger partial charge on any atom is 0.157 e. The zero-order valence-corrected chi connectivity index (χ0v) is 12.4. The molecule has 3 nitrogen and oxygen atoms in total. The Morgan fingerprint density at radius 3 is 2.62 bits per heavy atom. The van der Waals surface area contributed by atoms with Crippen LogP contribution in [0.15, 0.2) is 59.6 Å². The van der Waals surface area contributed by atoms with Crippen LogP contribution in [0.25, 0.3) is 10.9 Å². The first-order chi connectivity index (χ1) is 10.2. The van der Waals surface area contributed by atoms with Gasteiger partial charge in [0, 0.05) is 11.6 Å². The van der Waals surface area contributed by atoms with Crippen molar-refractivity contribution < 1.29 is 4.21 Å². The van der Waals surface area contributed by atoms with Gasteiger partial charge in [-0.25, -0.2) is 4.21 Å². The first-order valence-corrected chi connectivity index (χ1v) is 7.75. The van der Waals surface area contributed by atoms with E-state index in [4.69, 9.17) is 5.26 Å². The predicted octanol–water partition coefficient (Wildman–Crippen LogP) is 3.59. The summed E-state index contributed by atoms with van der Waals surface area (Å²) in [6.45, 7) is 2.01. The Bertz CT molecular complexity index is 857. The lowest BCUT2D eigenvalue weighted by atomic mass is 10.1. The SMILES string of the molecule is Cc1ccc(S(=O)n2ccc3ccc(CC#N)cc32)cc1. The zero-order chi connectivity index (χ0) is 14.8. The minimum Gasteiger partial charge on any atom is -0.263 e. The summed E-state index contributed by atoms with van der Waals surface area (Å²) in [6, 6.07) is 17.6. The van der Waals surface area contributed by atoms with Crippen LogP contribution >= 0.6 is 0 Å². The molecule has 0 aliphatic rings. The number of benzene rings is 2. The molecule has 1 aromatic heterocycles. The molecule has 0 aliphatic heterocycles. The van der Waals surface area contributed by atoms with Crippen LogP contribution in [0.5, 0.6) is 0 Å². The van der Waals surface area contributed by atoms with Crippen LogP contribution in [-0.4, -0.2) is 8.18 Å². The van der Waals surface area contributed by atoms with Crippen LogP contribution in [0.2, 0.25) is 0 Å². The Balaban J connectivity index is 2.07. The molecule has 0 radical (unpaired) electrons. The molecule has 0 spiro atoms. The molecule has 1 unspecified atom stereocenters. The van der Waals surface area contributed by atoms with Crippen molar-refractivity contribution in [2.45, 2.75) is 18.2 Å². The van der Waals surface area contributed by atoms with Crippen molar-refractivity contribution in [3.05, 3.63) is 65.9 Å². The van der Waals surface area contributed by atoms with E-state index >= 15 is 0 Å². The Morgan fingerprint density at radius 2 is 1.90 bits per heavy atom. The molecule has 4 heteroatoms. The van der Waals surface area contributed by atoms with E-state index in [2.05, 4.69) is 6.07 Å². The van der Waals surface area contributed by atoms with Crippen LogP contribution in [0.3, 0.4) is 0 Å². The highest BCUT2D eigenvalue weighted by atomic mass is 32.2. The van der Waals surface area contributed by atoms with Crippen molar-refractivity contribution in [1.82, 2.24) is 3.97 Å². The van der Waals surface area contributed by atoms with Crippen molar-refractivity contribution >= 4 is 21.9 Å². The van der Waals surface area contributed by atoms with Gasteiger partial charge >= 0.3 is 0 Å². The average molecular weight is 294 g/mol. The molecule has 1 heterocycles. The maximum atomic E-state index is 12.7. The van der Waals surface area contributed by atoms with Crippen LogP contribution < -0.4 is 0 Å². The Kier molecular flexibility index (Phi) is 3.59. The topological polar surface area (TPSA) is 45.8 Å². The summed E-state index contributed by atoms with van der Waals surface area (Å²) in [5.74, 6) is 0. The number of aromatic nitrogens is 1. The fourth-order valence-electron chi connectivity index (χ4n) is 2.26. The van der Waals surface area contributed by atoms with Crippen molar-refractivity contribution in [3.63, 3.8) is 0 Å². The number of rotatable bonds is 3. The van der Waals surface area contributed by atoms with Gasteiger partial charge in [0.2, 0.25) is 0 Å². The lowest BCUT2D eigenvalue weighted by Gasteiger charge is -2.06. The molecule has 0 bridgehead atoms. The standard InChI is InChI=1S/C17H14N2OS/c1-13-2-6-16(7-3-13)21(20)19-11-9-15-5-4-14(8-10-18)12-17(15)19/h2-7,9,11-12H,8H2,1H3. The Labute approximate surface area is 126 Å². The van der Waals surface area contributed by atoms with Crippen molar-refractivity contribution in [2.75, 3.05) is 0 Å². The van der Waals surface area contributed by atoms with E-state index in [1.165, 1.54) is 0 Å². The Hall–Kier alpha value is -2.38. The van der Waals surface area contributed by atoms with Gasteiger partial charge in [-0.05, 0) is 36.8 Å². The van der Waals surface area contributed by atoms with Gasteiger partial charge in [0.25, 0.3) is 0 Å². The lowest BCUT2D eigenvalue weighted by Crippen LogP contribution is -2.03. The molecule has 0 amide bonds. The van der Waals surface area contributed by atoms with E-state index < -0.39 is 11.0 Å². The number of hydrogen-bond acceptors (Lipinski definition) is 2. The molecule has 3 aromatic rings. The highest BCUT2D eigenvalue weighted by Crippen LogP contribution is 2.21. The van der Waals surface area contributed by atoms with E-state index in [1.807, 2.05) is 61.7 Å². The number of aryl methyl sites for hydroxylation is 1. The third-order valence-corrected chi connectivity index (χ3v) is 4.76. The van der Waals surface area contributed by atoms with E-state index in [9.17, 15) is 4.21 Å². The molecular formula is C17H14N2OS. The van der Waals surface area contributed by atoms with E-state index in [-0.39, 0.29) is 0 Å². The summed E-state index contributed by atoms with van der Waals surface area (Å²) in [5.41, 5.74) is 2.97. The highest BCUT2D eigenvalue weighted by molar-refractivity contribution is 7.83.